The van der Waals surface area contributed by atoms with E-state index in [2.05, 4.69) is 5.43 Å². The first kappa shape index (κ1) is 20.2. The Kier molecular flexibility index (Phi) is 10.5. The largest absolute Gasteiger partial charge is 0.272 e. The molecule has 2 amide bonds. The van der Waals surface area contributed by atoms with Gasteiger partial charge < -0.3 is 0 Å². The molecule has 0 bridgehead atoms. The van der Waals surface area contributed by atoms with Crippen LogP contribution in [0.3, 0.4) is 0 Å². The maximum atomic E-state index is 12.3. The van der Waals surface area contributed by atoms with Gasteiger partial charge in [-0.2, -0.15) is 11.8 Å². The molecule has 0 aliphatic heterocycles. The highest BCUT2D eigenvalue weighted by Crippen LogP contribution is 2.01. The molecule has 3 N–H and O–H groups in total. The zero-order chi connectivity index (χ0) is 16.4. The lowest BCUT2D eigenvalue weighted by Crippen LogP contribution is -2.53. The average Bonchev–Trinajstić information content (AvgIpc) is 2.33. The van der Waals surface area contributed by atoms with Crippen molar-refractivity contribution < 1.29 is 9.59 Å². The van der Waals surface area contributed by atoms with Crippen LogP contribution in [0.4, 0.5) is 0 Å². The zero-order valence-electron chi connectivity index (χ0n) is 13.9. The van der Waals surface area contributed by atoms with Crippen molar-refractivity contribution in [3.63, 3.8) is 0 Å². The number of rotatable bonds is 9. The number of hydrogen-bond donors (Lipinski definition) is 2. The maximum Gasteiger partial charge on any atom is 0.256 e. The lowest BCUT2D eigenvalue weighted by molar-refractivity contribution is -0.142. The predicted molar refractivity (Wildman–Crippen MR) is 88.3 cm³/mol. The van der Waals surface area contributed by atoms with E-state index in [0.29, 0.717) is 24.8 Å². The SMILES string of the molecule is CCSCC(=O)NN(CC(C)C)C(=O)CN(N)CC(C)C. The highest BCUT2D eigenvalue weighted by molar-refractivity contribution is 7.99. The highest BCUT2D eigenvalue weighted by Gasteiger charge is 2.19. The van der Waals surface area contributed by atoms with Crippen molar-refractivity contribution in [1.82, 2.24) is 15.4 Å². The Morgan fingerprint density at radius 1 is 1.14 bits per heavy atom. The van der Waals surface area contributed by atoms with Crippen molar-refractivity contribution in [2.75, 3.05) is 31.1 Å². The fraction of sp³-hybridized carbons (Fsp3) is 0.857. The summed E-state index contributed by atoms with van der Waals surface area (Å²) in [7, 11) is 0. The Bertz CT molecular complexity index is 324. The molecule has 0 aliphatic carbocycles. The van der Waals surface area contributed by atoms with Gasteiger partial charge in [-0.3, -0.25) is 25.9 Å². The highest BCUT2D eigenvalue weighted by atomic mass is 32.2. The minimum absolute atomic E-state index is 0.103. The van der Waals surface area contributed by atoms with Crippen LogP contribution in [0.5, 0.6) is 0 Å². The molecule has 0 radical (unpaired) electrons. The number of carbonyl (C=O) groups is 2. The molecule has 0 aromatic rings. The van der Waals surface area contributed by atoms with E-state index in [9.17, 15) is 9.59 Å². The fourth-order valence-electron chi connectivity index (χ4n) is 1.75. The van der Waals surface area contributed by atoms with Crippen LogP contribution in [0, 0.1) is 11.8 Å². The van der Waals surface area contributed by atoms with E-state index in [0.717, 1.165) is 5.75 Å². The molecule has 0 fully saturated rings. The first-order chi connectivity index (χ1) is 9.76. The summed E-state index contributed by atoms with van der Waals surface area (Å²) in [6, 6.07) is 0. The van der Waals surface area contributed by atoms with Gasteiger partial charge in [0.05, 0.1) is 12.3 Å². The number of nitrogens with zero attached hydrogens (tertiary/aromatic N) is 2. The van der Waals surface area contributed by atoms with Crippen molar-refractivity contribution in [2.24, 2.45) is 17.7 Å². The molecule has 0 spiro atoms. The van der Waals surface area contributed by atoms with Crippen molar-refractivity contribution in [3.8, 4) is 0 Å². The molecule has 0 atom stereocenters. The molecule has 0 rings (SSSR count). The predicted octanol–water partition coefficient (Wildman–Crippen LogP) is 1.09. The summed E-state index contributed by atoms with van der Waals surface area (Å²) in [4.78, 5) is 24.1. The van der Waals surface area contributed by atoms with Gasteiger partial charge in [-0.1, -0.05) is 34.6 Å². The van der Waals surface area contributed by atoms with E-state index in [1.807, 2.05) is 34.6 Å². The van der Waals surface area contributed by atoms with Gasteiger partial charge in [0.2, 0.25) is 5.91 Å². The second kappa shape index (κ2) is 10.9. The molecule has 6 nitrogen and oxygen atoms in total. The first-order valence-corrected chi connectivity index (χ1v) is 8.58. The number of nitrogens with one attached hydrogen (secondary N) is 1. The summed E-state index contributed by atoms with van der Waals surface area (Å²) < 4.78 is 0. The van der Waals surface area contributed by atoms with E-state index in [-0.39, 0.29) is 24.3 Å². The van der Waals surface area contributed by atoms with Gasteiger partial charge in [0.15, 0.2) is 0 Å². The molecule has 21 heavy (non-hydrogen) atoms. The fourth-order valence-corrected chi connectivity index (χ4v) is 2.20. The van der Waals surface area contributed by atoms with Crippen LogP contribution in [-0.4, -0.2) is 53.0 Å². The van der Waals surface area contributed by atoms with E-state index >= 15 is 0 Å². The number of nitrogens with two attached hydrogens (primary N) is 1. The Morgan fingerprint density at radius 3 is 2.19 bits per heavy atom. The molecule has 0 aliphatic rings. The summed E-state index contributed by atoms with van der Waals surface area (Å²) in [6.45, 7) is 11.3. The molecule has 0 saturated heterocycles. The van der Waals surface area contributed by atoms with Crippen molar-refractivity contribution in [1.29, 1.82) is 0 Å². The molecule has 0 unspecified atom stereocenters. The van der Waals surface area contributed by atoms with Crippen molar-refractivity contribution in [2.45, 2.75) is 34.6 Å². The summed E-state index contributed by atoms with van der Waals surface area (Å²) in [5.74, 6) is 7.38. The summed E-state index contributed by atoms with van der Waals surface area (Å²) >= 11 is 1.53. The molecule has 7 heteroatoms. The number of carbonyl (C=O) groups excluding carboxylic acids is 2. The van der Waals surface area contributed by atoms with Gasteiger partial charge in [0, 0.05) is 13.1 Å². The Morgan fingerprint density at radius 2 is 1.71 bits per heavy atom. The number of amides is 2. The third-order valence-corrected chi connectivity index (χ3v) is 3.36. The third kappa shape index (κ3) is 10.6. The van der Waals surface area contributed by atoms with Gasteiger partial charge >= 0.3 is 0 Å². The number of hydrogen-bond acceptors (Lipinski definition) is 5. The summed E-state index contributed by atoms with van der Waals surface area (Å²) in [6.07, 6.45) is 0. The zero-order valence-corrected chi connectivity index (χ0v) is 14.7. The smallest absolute Gasteiger partial charge is 0.256 e. The summed E-state index contributed by atoms with van der Waals surface area (Å²) in [5, 5.41) is 2.89. The first-order valence-electron chi connectivity index (χ1n) is 7.43. The quantitative estimate of drug-likeness (QED) is 0.491. The van der Waals surface area contributed by atoms with Crippen LogP contribution in [0.2, 0.25) is 0 Å². The Labute approximate surface area is 132 Å². The van der Waals surface area contributed by atoms with E-state index in [1.54, 1.807) is 0 Å². The standard InChI is InChI=1S/C14H30N4O2S/c1-6-21-10-13(19)16-18(8-12(4)5)14(20)9-17(15)7-11(2)3/h11-12H,6-10,15H2,1-5H3,(H,16,19). The molecule has 0 heterocycles. The van der Waals surface area contributed by atoms with Crippen LogP contribution in [0.1, 0.15) is 34.6 Å². The van der Waals surface area contributed by atoms with Gasteiger partial charge in [0.1, 0.15) is 0 Å². The molecular formula is C14H30N4O2S. The third-order valence-electron chi connectivity index (χ3n) is 2.48. The lowest BCUT2D eigenvalue weighted by Gasteiger charge is -2.27. The molecular weight excluding hydrogens is 288 g/mol. The molecule has 0 aromatic heterocycles. The lowest BCUT2D eigenvalue weighted by atomic mass is 10.2. The molecule has 0 saturated carbocycles. The average molecular weight is 318 g/mol. The number of hydrazine groups is 2. The van der Waals surface area contributed by atoms with Gasteiger partial charge in [-0.15, -0.1) is 0 Å². The minimum Gasteiger partial charge on any atom is -0.272 e. The normalized spacial score (nSPS) is 11.3. The van der Waals surface area contributed by atoms with Gasteiger partial charge in [0.25, 0.3) is 5.91 Å². The Hall–Kier alpha value is -0.790. The van der Waals surface area contributed by atoms with E-state index < -0.39 is 0 Å². The van der Waals surface area contributed by atoms with Crippen LogP contribution in [0.25, 0.3) is 0 Å². The molecule has 124 valence electrons. The minimum atomic E-state index is -0.179. The molecule has 0 aromatic carbocycles. The second-order valence-electron chi connectivity index (χ2n) is 5.89. The maximum absolute atomic E-state index is 12.3. The van der Waals surface area contributed by atoms with E-state index in [1.165, 1.54) is 21.8 Å². The number of thioether (sulfide) groups is 1. The van der Waals surface area contributed by atoms with Crippen LogP contribution in [0.15, 0.2) is 0 Å². The van der Waals surface area contributed by atoms with Crippen LogP contribution >= 0.6 is 11.8 Å². The van der Waals surface area contributed by atoms with Gasteiger partial charge in [-0.05, 0) is 17.6 Å². The van der Waals surface area contributed by atoms with Crippen LogP contribution in [-0.2, 0) is 9.59 Å². The van der Waals surface area contributed by atoms with E-state index in [4.69, 9.17) is 5.84 Å². The van der Waals surface area contributed by atoms with Crippen LogP contribution < -0.4 is 11.3 Å². The monoisotopic (exact) mass is 318 g/mol. The topological polar surface area (TPSA) is 78.7 Å². The van der Waals surface area contributed by atoms with Crippen molar-refractivity contribution in [3.05, 3.63) is 0 Å². The van der Waals surface area contributed by atoms with Gasteiger partial charge in [-0.25, -0.2) is 5.01 Å². The second-order valence-corrected chi connectivity index (χ2v) is 7.17. The Balaban J connectivity index is 4.51. The van der Waals surface area contributed by atoms with Crippen molar-refractivity contribution >= 4 is 23.6 Å². The summed E-state index contributed by atoms with van der Waals surface area (Å²) in [5.41, 5.74) is 2.68.